The monoisotopic (exact) mass is 352 g/mol. The molecule has 0 fully saturated rings. The molecule has 0 saturated heterocycles. The van der Waals surface area contributed by atoms with Crippen LogP contribution in [0.4, 0.5) is 0 Å². The fraction of sp³-hybridized carbons (Fsp3) is 0.278. The molecular formula is C18H16N4O2S. The van der Waals surface area contributed by atoms with E-state index < -0.39 is 0 Å². The summed E-state index contributed by atoms with van der Waals surface area (Å²) >= 11 is 1.55. The summed E-state index contributed by atoms with van der Waals surface area (Å²) in [6, 6.07) is 8.13. The molecule has 1 amide bonds. The number of para-hydroxylation sites is 1. The highest BCUT2D eigenvalue weighted by atomic mass is 32.2. The van der Waals surface area contributed by atoms with Crippen molar-refractivity contribution in [1.29, 1.82) is 0 Å². The first-order chi connectivity index (χ1) is 12.2. The highest BCUT2D eigenvalue weighted by molar-refractivity contribution is 7.99. The number of carbonyl (C=O) groups is 1. The number of aromatic amines is 1. The Morgan fingerprint density at radius 1 is 1.24 bits per heavy atom. The molecule has 0 unspecified atom stereocenters. The van der Waals surface area contributed by atoms with Crippen LogP contribution in [0.15, 0.2) is 40.4 Å². The van der Waals surface area contributed by atoms with Crippen molar-refractivity contribution in [3.05, 3.63) is 57.6 Å². The number of thioether (sulfide) groups is 1. The van der Waals surface area contributed by atoms with Gasteiger partial charge in [0.05, 0.1) is 0 Å². The second-order valence-corrected chi connectivity index (χ2v) is 7.43. The minimum Gasteiger partial charge on any atom is -0.358 e. The number of H-pyrrole nitrogens is 1. The lowest BCUT2D eigenvalue weighted by molar-refractivity contribution is 0.0731. The highest BCUT2D eigenvalue weighted by Crippen LogP contribution is 2.28. The van der Waals surface area contributed by atoms with Crippen LogP contribution in [0.2, 0.25) is 0 Å². The molecule has 2 aliphatic rings. The molecule has 7 heteroatoms. The van der Waals surface area contributed by atoms with Crippen LogP contribution >= 0.6 is 11.8 Å². The van der Waals surface area contributed by atoms with Gasteiger partial charge in [-0.2, -0.15) is 0 Å². The van der Waals surface area contributed by atoms with Gasteiger partial charge in [-0.3, -0.25) is 14.2 Å². The Hall–Kier alpha value is -2.54. The summed E-state index contributed by atoms with van der Waals surface area (Å²) in [6.45, 7) is 1.75. The van der Waals surface area contributed by atoms with Gasteiger partial charge in [-0.15, -0.1) is 0 Å². The lowest BCUT2D eigenvalue weighted by atomic mass is 10.0. The summed E-state index contributed by atoms with van der Waals surface area (Å²) in [6.07, 6.45) is 2.21. The van der Waals surface area contributed by atoms with Crippen LogP contribution in [-0.2, 0) is 19.5 Å². The highest BCUT2D eigenvalue weighted by Gasteiger charge is 2.28. The molecule has 0 atom stereocenters. The van der Waals surface area contributed by atoms with E-state index in [0.29, 0.717) is 24.8 Å². The van der Waals surface area contributed by atoms with Crippen LogP contribution in [0.25, 0.3) is 10.9 Å². The summed E-state index contributed by atoms with van der Waals surface area (Å²) in [5.74, 6) is 0.614. The number of nitrogens with zero attached hydrogens (tertiary/aromatic N) is 3. The Kier molecular flexibility index (Phi) is 3.24. The zero-order valence-corrected chi connectivity index (χ0v) is 14.3. The van der Waals surface area contributed by atoms with Gasteiger partial charge in [-0.05, 0) is 6.07 Å². The summed E-state index contributed by atoms with van der Waals surface area (Å²) in [7, 11) is 0. The second-order valence-electron chi connectivity index (χ2n) is 6.36. The average Bonchev–Trinajstić information content (AvgIpc) is 3.26. The van der Waals surface area contributed by atoms with Crippen molar-refractivity contribution in [2.24, 2.45) is 0 Å². The third-order valence-corrected chi connectivity index (χ3v) is 5.93. The SMILES string of the molecule is O=C(c1cnc2n(c1=O)CCS2)N1CCc2[nH]c3ccccc3c2C1. The smallest absolute Gasteiger partial charge is 0.267 e. The minimum absolute atomic E-state index is 0.176. The zero-order chi connectivity index (χ0) is 17.0. The molecular weight excluding hydrogens is 336 g/mol. The normalized spacial score (nSPS) is 16.1. The molecule has 0 spiro atoms. The summed E-state index contributed by atoms with van der Waals surface area (Å²) in [5.41, 5.74) is 3.39. The van der Waals surface area contributed by atoms with Crippen LogP contribution < -0.4 is 5.56 Å². The first kappa shape index (κ1) is 14.8. The number of hydrogen-bond acceptors (Lipinski definition) is 4. The van der Waals surface area contributed by atoms with Crippen molar-refractivity contribution < 1.29 is 4.79 Å². The van der Waals surface area contributed by atoms with Gasteiger partial charge in [-0.1, -0.05) is 30.0 Å². The van der Waals surface area contributed by atoms with Gasteiger partial charge in [0.25, 0.3) is 11.5 Å². The van der Waals surface area contributed by atoms with Gasteiger partial charge in [0.15, 0.2) is 5.16 Å². The second kappa shape index (κ2) is 5.49. The molecule has 126 valence electrons. The molecule has 25 heavy (non-hydrogen) atoms. The first-order valence-electron chi connectivity index (χ1n) is 8.33. The van der Waals surface area contributed by atoms with Crippen LogP contribution in [0.5, 0.6) is 0 Å². The number of amides is 1. The fourth-order valence-electron chi connectivity index (χ4n) is 3.67. The van der Waals surface area contributed by atoms with Gasteiger partial charge < -0.3 is 9.88 Å². The number of fused-ring (bicyclic) bond motifs is 4. The quantitative estimate of drug-likeness (QED) is 0.680. The molecule has 2 aliphatic heterocycles. The van der Waals surface area contributed by atoms with E-state index in [1.165, 1.54) is 11.9 Å². The molecule has 5 rings (SSSR count). The first-order valence-corrected chi connectivity index (χ1v) is 9.31. The van der Waals surface area contributed by atoms with Gasteiger partial charge in [-0.25, -0.2) is 4.98 Å². The molecule has 4 heterocycles. The van der Waals surface area contributed by atoms with E-state index in [0.717, 1.165) is 28.6 Å². The van der Waals surface area contributed by atoms with E-state index in [1.807, 2.05) is 18.2 Å². The maximum absolute atomic E-state index is 12.9. The number of carbonyl (C=O) groups excluding carboxylic acids is 1. The lowest BCUT2D eigenvalue weighted by Gasteiger charge is -2.27. The van der Waals surface area contributed by atoms with Gasteiger partial charge >= 0.3 is 0 Å². The molecule has 0 bridgehead atoms. The number of nitrogens with one attached hydrogen (secondary N) is 1. The Labute approximate surface area is 147 Å². The van der Waals surface area contributed by atoms with E-state index in [1.54, 1.807) is 21.2 Å². The molecule has 0 saturated carbocycles. The maximum Gasteiger partial charge on any atom is 0.267 e. The molecule has 1 N–H and O–H groups in total. The van der Waals surface area contributed by atoms with Gasteiger partial charge in [0.1, 0.15) is 5.56 Å². The topological polar surface area (TPSA) is 71.0 Å². The molecule has 1 aromatic carbocycles. The molecule has 3 aromatic rings. The predicted molar refractivity (Wildman–Crippen MR) is 96.0 cm³/mol. The van der Waals surface area contributed by atoms with Crippen molar-refractivity contribution in [1.82, 2.24) is 19.4 Å². The number of rotatable bonds is 1. The zero-order valence-electron chi connectivity index (χ0n) is 13.5. The Morgan fingerprint density at radius 3 is 3.04 bits per heavy atom. The fourth-order valence-corrected chi connectivity index (χ4v) is 4.59. The summed E-state index contributed by atoms with van der Waals surface area (Å²) in [5, 5.41) is 1.86. The van der Waals surface area contributed by atoms with Crippen LogP contribution in [0, 0.1) is 0 Å². The summed E-state index contributed by atoms with van der Waals surface area (Å²) in [4.78, 5) is 35.0. The van der Waals surface area contributed by atoms with E-state index in [2.05, 4.69) is 16.0 Å². The van der Waals surface area contributed by atoms with Crippen LogP contribution in [0.3, 0.4) is 0 Å². The lowest BCUT2D eigenvalue weighted by Crippen LogP contribution is -2.39. The predicted octanol–water partition coefficient (Wildman–Crippen LogP) is 2.03. The van der Waals surface area contributed by atoms with Crippen molar-refractivity contribution in [3.63, 3.8) is 0 Å². The van der Waals surface area contributed by atoms with Crippen LogP contribution in [-0.4, -0.2) is 37.6 Å². The van der Waals surface area contributed by atoms with Gasteiger partial charge in [0.2, 0.25) is 0 Å². The largest absolute Gasteiger partial charge is 0.358 e. The molecule has 0 aliphatic carbocycles. The van der Waals surface area contributed by atoms with E-state index >= 15 is 0 Å². The standard InChI is InChI=1S/C18H16N4O2S/c23-16(12-9-19-18-22(17(12)24)7-8-25-18)21-6-5-15-13(10-21)11-3-1-2-4-14(11)20-15/h1-4,9,20H,5-8,10H2. The van der Waals surface area contributed by atoms with E-state index in [-0.39, 0.29) is 17.0 Å². The summed E-state index contributed by atoms with van der Waals surface area (Å²) < 4.78 is 1.61. The third kappa shape index (κ3) is 2.22. The number of hydrogen-bond donors (Lipinski definition) is 1. The molecule has 2 aromatic heterocycles. The number of benzene rings is 1. The number of aromatic nitrogens is 3. The Bertz CT molecular complexity index is 1070. The Morgan fingerprint density at radius 2 is 2.12 bits per heavy atom. The van der Waals surface area contributed by atoms with Crippen molar-refractivity contribution in [2.45, 2.75) is 24.7 Å². The van der Waals surface area contributed by atoms with Crippen molar-refractivity contribution in [3.8, 4) is 0 Å². The van der Waals surface area contributed by atoms with Crippen LogP contribution in [0.1, 0.15) is 21.6 Å². The molecule has 0 radical (unpaired) electrons. The van der Waals surface area contributed by atoms with E-state index in [4.69, 9.17) is 0 Å². The third-order valence-electron chi connectivity index (χ3n) is 4.96. The molecule has 6 nitrogen and oxygen atoms in total. The van der Waals surface area contributed by atoms with Crippen molar-refractivity contribution >= 4 is 28.6 Å². The van der Waals surface area contributed by atoms with Crippen molar-refractivity contribution in [2.75, 3.05) is 12.3 Å². The average molecular weight is 352 g/mol. The Balaban J connectivity index is 1.51. The minimum atomic E-state index is -0.222. The maximum atomic E-state index is 12.9. The van der Waals surface area contributed by atoms with E-state index in [9.17, 15) is 9.59 Å². The van der Waals surface area contributed by atoms with Gasteiger partial charge in [0, 0.05) is 60.2 Å².